The molecular weight excluding hydrogens is 873 g/mol. The first-order valence-electron chi connectivity index (χ1n) is 26.7. The van der Waals surface area contributed by atoms with E-state index in [0.29, 0.717) is 13.0 Å². The first-order valence-corrected chi connectivity index (χ1v) is 26.7. The third kappa shape index (κ3) is 28.7. The summed E-state index contributed by atoms with van der Waals surface area (Å²) in [6, 6.07) is 0. The number of rotatable bonds is 42. The third-order valence-corrected chi connectivity index (χ3v) is 12.6. The topological polar surface area (TPSA) is 214 Å². The van der Waals surface area contributed by atoms with Crippen molar-refractivity contribution in [3.8, 4) is 0 Å². The number of allylic oxidation sites excluding steroid dienone is 8. The molecule has 0 saturated carbocycles. The summed E-state index contributed by atoms with van der Waals surface area (Å²) >= 11 is 0. The average molecular weight is 969 g/mol. The van der Waals surface area contributed by atoms with Crippen LogP contribution in [0.4, 0.5) is 0 Å². The van der Waals surface area contributed by atoms with Gasteiger partial charge in [0, 0.05) is 13.0 Å². The van der Waals surface area contributed by atoms with Gasteiger partial charge in [-0.15, -0.1) is 0 Å². The maximum atomic E-state index is 13.0. The number of unbranched alkanes of at least 4 members (excludes halogenated alkanes) is 20. The molecule has 0 spiro atoms. The molecule has 11 atom stereocenters. The number of ether oxygens (including phenoxy) is 6. The van der Waals surface area contributed by atoms with Gasteiger partial charge < -0.3 is 64.2 Å². The molecule has 14 nitrogen and oxygen atoms in total. The molecule has 2 rings (SSSR count). The Morgan fingerprint density at radius 2 is 0.926 bits per heavy atom. The van der Waals surface area contributed by atoms with Crippen molar-refractivity contribution >= 4 is 5.97 Å². The minimum Gasteiger partial charge on any atom is -0.457 e. The molecule has 11 unspecified atom stereocenters. The predicted octanol–water partition coefficient (Wildman–Crippen LogP) is 8.35. The van der Waals surface area contributed by atoms with Crippen molar-refractivity contribution in [1.29, 1.82) is 0 Å². The lowest BCUT2D eigenvalue weighted by Crippen LogP contribution is -2.61. The number of hydrogen-bond acceptors (Lipinski definition) is 14. The van der Waals surface area contributed by atoms with Crippen molar-refractivity contribution in [3.63, 3.8) is 0 Å². The van der Waals surface area contributed by atoms with E-state index in [4.69, 9.17) is 28.4 Å². The van der Waals surface area contributed by atoms with Crippen LogP contribution in [0.2, 0.25) is 0 Å². The zero-order valence-electron chi connectivity index (χ0n) is 42.1. The third-order valence-electron chi connectivity index (χ3n) is 12.6. The summed E-state index contributed by atoms with van der Waals surface area (Å²) in [6.07, 6.45) is 32.0. The van der Waals surface area contributed by atoms with Crippen molar-refractivity contribution in [2.24, 2.45) is 0 Å². The summed E-state index contributed by atoms with van der Waals surface area (Å²) in [7, 11) is 0. The number of carbonyl (C=O) groups is 1. The van der Waals surface area contributed by atoms with Gasteiger partial charge in [0.25, 0.3) is 0 Å². The van der Waals surface area contributed by atoms with E-state index >= 15 is 0 Å². The molecule has 68 heavy (non-hydrogen) atoms. The van der Waals surface area contributed by atoms with Crippen LogP contribution in [0.25, 0.3) is 0 Å². The highest BCUT2D eigenvalue weighted by atomic mass is 16.7. The summed E-state index contributed by atoms with van der Waals surface area (Å²) in [5.41, 5.74) is 0. The van der Waals surface area contributed by atoms with Crippen LogP contribution in [0, 0.1) is 0 Å². The molecule has 0 aromatic heterocycles. The van der Waals surface area contributed by atoms with Crippen LogP contribution >= 0.6 is 0 Å². The largest absolute Gasteiger partial charge is 0.457 e. The fourth-order valence-electron chi connectivity index (χ4n) is 8.30. The lowest BCUT2D eigenvalue weighted by atomic mass is 9.98. The Morgan fingerprint density at radius 1 is 0.500 bits per heavy atom. The SMILES string of the molecule is CC/C=C\C/C=C\C/C=C\C/C=C\CCC(=O)OC(COCCCCCCCCCCCCCCCCCCCCCCC)COC1OC(COC2OC(CO)C(O)C(O)C2O)C(O)C(O)C1O. The van der Waals surface area contributed by atoms with E-state index in [1.54, 1.807) is 0 Å². The predicted molar refractivity (Wildman–Crippen MR) is 266 cm³/mol. The molecule has 0 radical (unpaired) electrons. The quantitative estimate of drug-likeness (QED) is 0.0174. The van der Waals surface area contributed by atoms with Crippen LogP contribution in [0.1, 0.15) is 187 Å². The Labute approximate surface area is 410 Å². The lowest BCUT2D eigenvalue weighted by molar-refractivity contribution is -0.332. The number of aliphatic hydroxyl groups excluding tert-OH is 7. The normalized spacial score (nSPS) is 26.2. The minimum absolute atomic E-state index is 0.0343. The molecule has 0 bridgehead atoms. The summed E-state index contributed by atoms with van der Waals surface area (Å²) < 4.78 is 34.2. The summed E-state index contributed by atoms with van der Waals surface area (Å²) in [5, 5.41) is 72.1. The second kappa shape index (κ2) is 41.6. The van der Waals surface area contributed by atoms with E-state index in [1.807, 2.05) is 12.2 Å². The molecule has 2 fully saturated rings. The van der Waals surface area contributed by atoms with E-state index in [0.717, 1.165) is 44.9 Å². The molecular formula is C54H96O14. The van der Waals surface area contributed by atoms with Crippen LogP contribution in [0.5, 0.6) is 0 Å². The Morgan fingerprint density at radius 3 is 1.41 bits per heavy atom. The van der Waals surface area contributed by atoms with E-state index in [1.165, 1.54) is 116 Å². The van der Waals surface area contributed by atoms with E-state index in [2.05, 4.69) is 50.3 Å². The van der Waals surface area contributed by atoms with E-state index in [9.17, 15) is 40.5 Å². The second-order valence-corrected chi connectivity index (χ2v) is 18.7. The molecule has 0 aliphatic carbocycles. The lowest BCUT2D eigenvalue weighted by Gasteiger charge is -2.42. The molecule has 0 aromatic rings. The smallest absolute Gasteiger partial charge is 0.306 e. The van der Waals surface area contributed by atoms with Gasteiger partial charge in [0.05, 0.1) is 26.4 Å². The van der Waals surface area contributed by atoms with Crippen LogP contribution in [-0.2, 0) is 33.2 Å². The Bertz CT molecular complexity index is 1310. The summed E-state index contributed by atoms with van der Waals surface area (Å²) in [5.74, 6) is -0.454. The van der Waals surface area contributed by atoms with Crippen LogP contribution in [0.3, 0.4) is 0 Å². The molecule has 2 aliphatic rings. The van der Waals surface area contributed by atoms with E-state index < -0.39 is 86.7 Å². The molecule has 0 aromatic carbocycles. The van der Waals surface area contributed by atoms with Crippen molar-refractivity contribution in [1.82, 2.24) is 0 Å². The second-order valence-electron chi connectivity index (χ2n) is 18.7. The highest BCUT2D eigenvalue weighted by Crippen LogP contribution is 2.26. The first-order chi connectivity index (χ1) is 33.1. The van der Waals surface area contributed by atoms with Crippen molar-refractivity contribution in [3.05, 3.63) is 48.6 Å². The van der Waals surface area contributed by atoms with Gasteiger partial charge in [-0.05, 0) is 38.5 Å². The van der Waals surface area contributed by atoms with Crippen molar-refractivity contribution in [2.45, 2.75) is 255 Å². The standard InChI is InChI=1S/C54H96O14/c1-3-5-7-9-11-13-15-17-18-19-20-21-22-23-24-26-28-30-32-34-36-38-63-40-43(66-46(56)37-35-33-31-29-27-25-16-14-12-10-8-6-4-2)41-64-53-52(62)50(60)48(58)45(68-53)42-65-54-51(61)49(59)47(57)44(39-55)67-54/h6,8,12,14,25,27,31,33,43-45,47-55,57-62H,3-5,7,9-11,13,15-24,26,28-30,32,34-42H2,1-2H3/b8-6-,14-12-,27-25-,33-31-. The Balaban J connectivity index is 1.74. The van der Waals surface area contributed by atoms with Gasteiger partial charge in [-0.1, -0.05) is 191 Å². The number of esters is 1. The molecule has 396 valence electrons. The zero-order chi connectivity index (χ0) is 49.5. The first kappa shape index (κ1) is 62.1. The fourth-order valence-corrected chi connectivity index (χ4v) is 8.30. The van der Waals surface area contributed by atoms with Crippen LogP contribution in [-0.4, -0.2) is 142 Å². The Kier molecular flexibility index (Phi) is 37.9. The summed E-state index contributed by atoms with van der Waals surface area (Å²) in [4.78, 5) is 13.0. The fraction of sp³-hybridized carbons (Fsp3) is 0.833. The van der Waals surface area contributed by atoms with Crippen LogP contribution in [0.15, 0.2) is 48.6 Å². The maximum Gasteiger partial charge on any atom is 0.306 e. The van der Waals surface area contributed by atoms with Crippen molar-refractivity contribution < 1.29 is 69.0 Å². The number of aliphatic hydroxyl groups is 7. The molecule has 2 saturated heterocycles. The van der Waals surface area contributed by atoms with Crippen molar-refractivity contribution in [2.75, 3.05) is 33.0 Å². The zero-order valence-corrected chi connectivity index (χ0v) is 42.1. The van der Waals surface area contributed by atoms with Gasteiger partial charge in [0.1, 0.15) is 54.9 Å². The minimum atomic E-state index is -1.72. The molecule has 7 N–H and O–H groups in total. The summed E-state index contributed by atoms with van der Waals surface area (Å²) in [6.45, 7) is 3.49. The average Bonchev–Trinajstić information content (AvgIpc) is 3.33. The van der Waals surface area contributed by atoms with Gasteiger partial charge >= 0.3 is 5.97 Å². The monoisotopic (exact) mass is 969 g/mol. The van der Waals surface area contributed by atoms with Gasteiger partial charge in [0.2, 0.25) is 0 Å². The van der Waals surface area contributed by atoms with Crippen LogP contribution < -0.4 is 0 Å². The van der Waals surface area contributed by atoms with Gasteiger partial charge in [-0.25, -0.2) is 0 Å². The number of hydrogen-bond donors (Lipinski definition) is 7. The molecule has 2 aliphatic heterocycles. The highest BCUT2D eigenvalue weighted by Gasteiger charge is 2.47. The van der Waals surface area contributed by atoms with Gasteiger partial charge in [-0.2, -0.15) is 0 Å². The molecule has 0 amide bonds. The maximum absolute atomic E-state index is 13.0. The molecule has 14 heteroatoms. The Hall–Kier alpha value is -2.05. The number of carbonyl (C=O) groups excluding carboxylic acids is 1. The molecule has 2 heterocycles. The highest BCUT2D eigenvalue weighted by molar-refractivity contribution is 5.69. The van der Waals surface area contributed by atoms with E-state index in [-0.39, 0.29) is 19.6 Å². The van der Waals surface area contributed by atoms with Gasteiger partial charge in [0.15, 0.2) is 12.6 Å². The van der Waals surface area contributed by atoms with Gasteiger partial charge in [-0.3, -0.25) is 4.79 Å².